The molecule has 1 aromatic carbocycles. The lowest BCUT2D eigenvalue weighted by atomic mass is 10.2. The van der Waals surface area contributed by atoms with E-state index in [9.17, 15) is 9.18 Å². The summed E-state index contributed by atoms with van der Waals surface area (Å²) in [6, 6.07) is 6.22. The van der Waals surface area contributed by atoms with Gasteiger partial charge in [0.15, 0.2) is 0 Å². The van der Waals surface area contributed by atoms with Crippen molar-refractivity contribution < 1.29 is 13.9 Å². The summed E-state index contributed by atoms with van der Waals surface area (Å²) in [5, 5.41) is 0. The number of carbonyl (C=O) groups excluding carboxylic acids is 1. The SMILES string of the molecule is CCOC(=O)C(N)CCSCCSc1ccccc1F. The van der Waals surface area contributed by atoms with Gasteiger partial charge in [0, 0.05) is 16.4 Å². The third-order valence-corrected chi connectivity index (χ3v) is 4.81. The molecule has 1 unspecified atom stereocenters. The Morgan fingerprint density at radius 2 is 2.10 bits per heavy atom. The summed E-state index contributed by atoms with van der Waals surface area (Å²) in [6.45, 7) is 2.12. The first-order valence-corrected chi connectivity index (χ1v) is 8.66. The molecule has 0 fully saturated rings. The van der Waals surface area contributed by atoms with E-state index >= 15 is 0 Å². The molecule has 1 rings (SSSR count). The molecule has 0 heterocycles. The van der Waals surface area contributed by atoms with Crippen LogP contribution in [0.3, 0.4) is 0 Å². The Balaban J connectivity index is 2.08. The van der Waals surface area contributed by atoms with Crippen molar-refractivity contribution in [2.45, 2.75) is 24.3 Å². The van der Waals surface area contributed by atoms with Gasteiger partial charge in [-0.1, -0.05) is 12.1 Å². The van der Waals surface area contributed by atoms with Crippen LogP contribution in [-0.4, -0.2) is 35.9 Å². The highest BCUT2D eigenvalue weighted by Gasteiger charge is 2.13. The minimum atomic E-state index is -0.540. The number of hydrogen-bond acceptors (Lipinski definition) is 5. The number of halogens is 1. The molecule has 2 N–H and O–H groups in total. The lowest BCUT2D eigenvalue weighted by molar-refractivity contribution is -0.144. The van der Waals surface area contributed by atoms with Gasteiger partial charge < -0.3 is 10.5 Å². The van der Waals surface area contributed by atoms with Gasteiger partial charge in [0.05, 0.1) is 6.61 Å². The van der Waals surface area contributed by atoms with Crippen LogP contribution in [0.1, 0.15) is 13.3 Å². The van der Waals surface area contributed by atoms with Gasteiger partial charge >= 0.3 is 5.97 Å². The van der Waals surface area contributed by atoms with Gasteiger partial charge in [-0.15, -0.1) is 11.8 Å². The number of ether oxygens (including phenoxy) is 1. The molecule has 20 heavy (non-hydrogen) atoms. The molecule has 1 atom stereocenters. The molecule has 6 heteroatoms. The highest BCUT2D eigenvalue weighted by molar-refractivity contribution is 8.02. The van der Waals surface area contributed by atoms with Crippen molar-refractivity contribution in [2.24, 2.45) is 5.73 Å². The standard InChI is InChI=1S/C14H20FNO2S2/c1-2-18-14(17)12(16)7-8-19-9-10-20-13-6-4-3-5-11(13)15/h3-6,12H,2,7-10,16H2,1H3. The van der Waals surface area contributed by atoms with Crippen LogP contribution in [0.4, 0.5) is 4.39 Å². The van der Waals surface area contributed by atoms with E-state index in [2.05, 4.69) is 0 Å². The minimum Gasteiger partial charge on any atom is -0.465 e. The second-order valence-electron chi connectivity index (χ2n) is 4.04. The van der Waals surface area contributed by atoms with Gasteiger partial charge in [0.1, 0.15) is 11.9 Å². The average molecular weight is 317 g/mol. The number of benzene rings is 1. The van der Waals surface area contributed by atoms with E-state index < -0.39 is 6.04 Å². The number of nitrogens with two attached hydrogens (primary N) is 1. The van der Waals surface area contributed by atoms with E-state index in [4.69, 9.17) is 10.5 Å². The van der Waals surface area contributed by atoms with Crippen LogP contribution in [0.25, 0.3) is 0 Å². The molecular formula is C14H20FNO2S2. The Morgan fingerprint density at radius 1 is 1.35 bits per heavy atom. The van der Waals surface area contributed by atoms with E-state index in [1.165, 1.54) is 17.8 Å². The Labute approximate surface area is 127 Å². The quantitative estimate of drug-likeness (QED) is 0.431. The molecule has 3 nitrogen and oxygen atoms in total. The van der Waals surface area contributed by atoms with E-state index in [1.54, 1.807) is 30.8 Å². The molecular weight excluding hydrogens is 297 g/mol. The van der Waals surface area contributed by atoms with Crippen LogP contribution in [0.2, 0.25) is 0 Å². The summed E-state index contributed by atoms with van der Waals surface area (Å²) in [5.41, 5.74) is 5.69. The van der Waals surface area contributed by atoms with Crippen molar-refractivity contribution in [3.63, 3.8) is 0 Å². The van der Waals surface area contributed by atoms with Gasteiger partial charge in [-0.2, -0.15) is 11.8 Å². The minimum absolute atomic E-state index is 0.174. The number of carbonyl (C=O) groups is 1. The molecule has 0 aliphatic rings. The lowest BCUT2D eigenvalue weighted by Crippen LogP contribution is -2.32. The van der Waals surface area contributed by atoms with Crippen LogP contribution < -0.4 is 5.73 Å². The fraction of sp³-hybridized carbons (Fsp3) is 0.500. The first-order chi connectivity index (χ1) is 9.65. The van der Waals surface area contributed by atoms with Gasteiger partial charge in [-0.25, -0.2) is 4.39 Å². The highest BCUT2D eigenvalue weighted by Crippen LogP contribution is 2.22. The van der Waals surface area contributed by atoms with Crippen molar-refractivity contribution in [3.05, 3.63) is 30.1 Å². The highest BCUT2D eigenvalue weighted by atomic mass is 32.2. The summed E-state index contributed by atoms with van der Waals surface area (Å²) in [4.78, 5) is 12.0. The topological polar surface area (TPSA) is 52.3 Å². The summed E-state index contributed by atoms with van der Waals surface area (Å²) < 4.78 is 18.2. The molecule has 0 aliphatic carbocycles. The number of esters is 1. The van der Waals surface area contributed by atoms with Crippen molar-refractivity contribution in [2.75, 3.05) is 23.9 Å². The number of thioether (sulfide) groups is 2. The maximum absolute atomic E-state index is 13.3. The molecule has 112 valence electrons. The van der Waals surface area contributed by atoms with Gasteiger partial charge in [0.25, 0.3) is 0 Å². The van der Waals surface area contributed by atoms with Crippen molar-refractivity contribution in [3.8, 4) is 0 Å². The van der Waals surface area contributed by atoms with Crippen LogP contribution in [0.15, 0.2) is 29.2 Å². The third kappa shape index (κ3) is 6.63. The largest absolute Gasteiger partial charge is 0.465 e. The average Bonchev–Trinajstić information content (AvgIpc) is 2.44. The van der Waals surface area contributed by atoms with Crippen LogP contribution >= 0.6 is 23.5 Å². The number of hydrogen-bond donors (Lipinski definition) is 1. The normalized spacial score (nSPS) is 12.2. The molecule has 0 amide bonds. The molecule has 0 spiro atoms. The molecule has 0 aliphatic heterocycles. The summed E-state index contributed by atoms with van der Waals surface area (Å²) >= 11 is 3.21. The predicted molar refractivity (Wildman–Crippen MR) is 83.7 cm³/mol. The number of rotatable bonds is 9. The molecule has 0 saturated heterocycles. The fourth-order valence-corrected chi connectivity index (χ4v) is 3.48. The maximum Gasteiger partial charge on any atom is 0.322 e. The lowest BCUT2D eigenvalue weighted by Gasteiger charge is -2.09. The summed E-state index contributed by atoms with van der Waals surface area (Å²) in [7, 11) is 0. The zero-order chi connectivity index (χ0) is 14.8. The zero-order valence-electron chi connectivity index (χ0n) is 11.5. The Bertz CT molecular complexity index is 418. The van der Waals surface area contributed by atoms with E-state index in [0.717, 1.165) is 17.3 Å². The maximum atomic E-state index is 13.3. The van der Waals surface area contributed by atoms with Crippen LogP contribution in [0, 0.1) is 5.82 Å². The Hall–Kier alpha value is -0.720. The van der Waals surface area contributed by atoms with Crippen LogP contribution in [0.5, 0.6) is 0 Å². The monoisotopic (exact) mass is 317 g/mol. The molecule has 0 radical (unpaired) electrons. The van der Waals surface area contributed by atoms with E-state index in [1.807, 2.05) is 6.07 Å². The van der Waals surface area contributed by atoms with Gasteiger partial charge in [-0.05, 0) is 31.2 Å². The fourth-order valence-electron chi connectivity index (χ4n) is 1.45. The second kappa shape index (κ2) is 10.1. The van der Waals surface area contributed by atoms with Gasteiger partial charge in [-0.3, -0.25) is 4.79 Å². The smallest absolute Gasteiger partial charge is 0.322 e. The molecule has 0 aromatic heterocycles. The van der Waals surface area contributed by atoms with Gasteiger partial charge in [0.2, 0.25) is 0 Å². The van der Waals surface area contributed by atoms with Crippen LogP contribution in [-0.2, 0) is 9.53 Å². The van der Waals surface area contributed by atoms with Crippen molar-refractivity contribution >= 4 is 29.5 Å². The first-order valence-electron chi connectivity index (χ1n) is 6.52. The predicted octanol–water partition coefficient (Wildman–Crippen LogP) is 2.93. The molecule has 0 saturated carbocycles. The third-order valence-electron chi connectivity index (χ3n) is 2.48. The Kier molecular flexibility index (Phi) is 8.73. The van der Waals surface area contributed by atoms with Crippen molar-refractivity contribution in [1.29, 1.82) is 0 Å². The van der Waals surface area contributed by atoms with E-state index in [-0.39, 0.29) is 11.8 Å². The zero-order valence-corrected chi connectivity index (χ0v) is 13.1. The van der Waals surface area contributed by atoms with E-state index in [0.29, 0.717) is 17.9 Å². The second-order valence-corrected chi connectivity index (χ2v) is 6.40. The summed E-state index contributed by atoms with van der Waals surface area (Å²) in [5.74, 6) is 2.02. The molecule has 0 bridgehead atoms. The Morgan fingerprint density at radius 3 is 2.80 bits per heavy atom. The van der Waals surface area contributed by atoms with Crippen molar-refractivity contribution in [1.82, 2.24) is 0 Å². The molecule has 1 aromatic rings. The first kappa shape index (κ1) is 17.3. The summed E-state index contributed by atoms with van der Waals surface area (Å²) in [6.07, 6.45) is 0.605.